The zero-order chi connectivity index (χ0) is 12.7. The van der Waals surface area contributed by atoms with Gasteiger partial charge in [-0.05, 0) is 36.6 Å². The molecule has 0 aliphatic carbocycles. The summed E-state index contributed by atoms with van der Waals surface area (Å²) in [6, 6.07) is 8.86. The van der Waals surface area contributed by atoms with Crippen LogP contribution >= 0.6 is 0 Å². The van der Waals surface area contributed by atoms with Gasteiger partial charge in [-0.1, -0.05) is 45.0 Å². The molecule has 0 aliphatic heterocycles. The fourth-order valence-electron chi connectivity index (χ4n) is 2.06. The topological polar surface area (TPSA) is 29.3 Å². The third-order valence-electron chi connectivity index (χ3n) is 2.93. The number of nitrogens with two attached hydrogens (primary N) is 1. The molecule has 0 saturated heterocycles. The lowest BCUT2D eigenvalue weighted by Gasteiger charge is -2.22. The number of hydrogen-bond donors (Lipinski definition) is 1. The van der Waals surface area contributed by atoms with Gasteiger partial charge >= 0.3 is 0 Å². The largest absolute Gasteiger partial charge is 0.330 e. The molecule has 2 heteroatoms. The van der Waals surface area contributed by atoms with Gasteiger partial charge in [-0.2, -0.15) is 0 Å². The van der Waals surface area contributed by atoms with Crippen LogP contribution in [0.2, 0.25) is 0 Å². The molecule has 0 saturated carbocycles. The van der Waals surface area contributed by atoms with Crippen LogP contribution < -0.4 is 5.73 Å². The first-order valence-electron chi connectivity index (χ1n) is 6.66. The number of benzene rings is 1. The molecule has 0 amide bonds. The molecule has 0 unspecified atom stereocenters. The van der Waals surface area contributed by atoms with E-state index in [1.165, 1.54) is 17.7 Å². The minimum absolute atomic E-state index is 0.728. The monoisotopic (exact) mass is 234 g/mol. The molecule has 1 aromatic rings. The number of rotatable bonds is 7. The van der Waals surface area contributed by atoms with Crippen molar-refractivity contribution in [2.24, 2.45) is 11.7 Å². The second-order valence-electron chi connectivity index (χ2n) is 5.08. The smallest absolute Gasteiger partial charge is 0.0233 e. The lowest BCUT2D eigenvalue weighted by molar-refractivity contribution is 0.248. The van der Waals surface area contributed by atoms with E-state index in [9.17, 15) is 0 Å². The van der Waals surface area contributed by atoms with Crippen molar-refractivity contribution in [3.8, 4) is 0 Å². The van der Waals surface area contributed by atoms with Gasteiger partial charge in [0.1, 0.15) is 0 Å². The van der Waals surface area contributed by atoms with Crippen LogP contribution in [0.15, 0.2) is 24.3 Å². The van der Waals surface area contributed by atoms with Crippen molar-refractivity contribution in [2.45, 2.75) is 33.7 Å². The second-order valence-corrected chi connectivity index (χ2v) is 5.08. The average molecular weight is 234 g/mol. The minimum atomic E-state index is 0.728. The van der Waals surface area contributed by atoms with Gasteiger partial charge in [-0.3, -0.25) is 4.90 Å². The summed E-state index contributed by atoms with van der Waals surface area (Å²) >= 11 is 0. The van der Waals surface area contributed by atoms with Crippen LogP contribution in [0.4, 0.5) is 0 Å². The van der Waals surface area contributed by atoms with E-state index in [0.29, 0.717) is 0 Å². The molecule has 1 rings (SSSR count). The van der Waals surface area contributed by atoms with Gasteiger partial charge in [0, 0.05) is 13.1 Å². The number of nitrogens with zero attached hydrogens (tertiary/aromatic N) is 1. The lowest BCUT2D eigenvalue weighted by Crippen LogP contribution is -2.27. The Morgan fingerprint density at radius 3 is 2.18 bits per heavy atom. The summed E-state index contributed by atoms with van der Waals surface area (Å²) in [5.74, 6) is 0.728. The molecular formula is C15H26N2. The Kier molecular flexibility index (Phi) is 6.23. The molecule has 0 aromatic heterocycles. The van der Waals surface area contributed by atoms with E-state index in [2.05, 4.69) is 49.9 Å². The Morgan fingerprint density at radius 1 is 1.12 bits per heavy atom. The summed E-state index contributed by atoms with van der Waals surface area (Å²) in [6.07, 6.45) is 0.976. The molecule has 96 valence electrons. The molecule has 0 aliphatic rings. The normalized spacial score (nSPS) is 11.4. The molecule has 0 atom stereocenters. The highest BCUT2D eigenvalue weighted by atomic mass is 15.1. The van der Waals surface area contributed by atoms with Crippen LogP contribution in [-0.4, -0.2) is 24.5 Å². The van der Waals surface area contributed by atoms with Gasteiger partial charge in [0.2, 0.25) is 0 Å². The van der Waals surface area contributed by atoms with Crippen molar-refractivity contribution in [3.05, 3.63) is 35.4 Å². The Morgan fingerprint density at radius 2 is 1.71 bits per heavy atom. The van der Waals surface area contributed by atoms with Gasteiger partial charge in [-0.25, -0.2) is 0 Å². The lowest BCUT2D eigenvalue weighted by atomic mass is 10.1. The maximum Gasteiger partial charge on any atom is 0.0233 e. The van der Waals surface area contributed by atoms with Gasteiger partial charge in [0.15, 0.2) is 0 Å². The highest BCUT2D eigenvalue weighted by Gasteiger charge is 2.05. The van der Waals surface area contributed by atoms with Crippen LogP contribution in [0, 0.1) is 5.92 Å². The van der Waals surface area contributed by atoms with Gasteiger partial charge in [-0.15, -0.1) is 0 Å². The van der Waals surface area contributed by atoms with Crippen LogP contribution in [-0.2, 0) is 13.0 Å². The van der Waals surface area contributed by atoms with Crippen molar-refractivity contribution in [1.29, 1.82) is 0 Å². The zero-order valence-corrected chi connectivity index (χ0v) is 11.4. The maximum atomic E-state index is 5.55. The molecule has 0 bridgehead atoms. The number of hydrogen-bond acceptors (Lipinski definition) is 2. The van der Waals surface area contributed by atoms with Crippen LogP contribution in [0.5, 0.6) is 0 Å². The Balaban J connectivity index is 2.54. The SMILES string of the molecule is CCN(Cc1ccc(CCN)cc1)CC(C)C. The average Bonchev–Trinajstić information content (AvgIpc) is 2.30. The van der Waals surface area contributed by atoms with E-state index < -0.39 is 0 Å². The third kappa shape index (κ3) is 5.33. The first-order chi connectivity index (χ1) is 8.15. The molecule has 1 aromatic carbocycles. The summed E-state index contributed by atoms with van der Waals surface area (Å²) in [5.41, 5.74) is 8.28. The van der Waals surface area contributed by atoms with Crippen molar-refractivity contribution in [2.75, 3.05) is 19.6 Å². The standard InChI is InChI=1S/C15H26N2/c1-4-17(11-13(2)3)12-15-7-5-14(6-8-15)9-10-16/h5-8,13H,4,9-12,16H2,1-3H3. The third-order valence-corrected chi connectivity index (χ3v) is 2.93. The molecule has 2 N–H and O–H groups in total. The fourth-order valence-corrected chi connectivity index (χ4v) is 2.06. The predicted molar refractivity (Wildman–Crippen MR) is 75.0 cm³/mol. The van der Waals surface area contributed by atoms with Gasteiger partial charge in [0.05, 0.1) is 0 Å². The Labute approximate surface area is 106 Å². The van der Waals surface area contributed by atoms with Crippen LogP contribution in [0.1, 0.15) is 31.9 Å². The molecule has 0 spiro atoms. The predicted octanol–water partition coefficient (Wildman–Crippen LogP) is 2.67. The summed E-state index contributed by atoms with van der Waals surface area (Å²) in [6.45, 7) is 10.8. The second kappa shape index (κ2) is 7.46. The summed E-state index contributed by atoms with van der Waals surface area (Å²) in [4.78, 5) is 2.49. The molecule has 0 radical (unpaired) electrons. The Bertz CT molecular complexity index is 303. The van der Waals surface area contributed by atoms with E-state index in [0.717, 1.165) is 32.0 Å². The van der Waals surface area contributed by atoms with Gasteiger partial charge < -0.3 is 5.73 Å². The van der Waals surface area contributed by atoms with Crippen LogP contribution in [0.3, 0.4) is 0 Å². The summed E-state index contributed by atoms with van der Waals surface area (Å²) in [5, 5.41) is 0. The molecule has 2 nitrogen and oxygen atoms in total. The summed E-state index contributed by atoms with van der Waals surface area (Å²) < 4.78 is 0. The Hall–Kier alpha value is -0.860. The maximum absolute atomic E-state index is 5.55. The first-order valence-corrected chi connectivity index (χ1v) is 6.66. The van der Waals surface area contributed by atoms with E-state index in [1.807, 2.05) is 0 Å². The molecule has 0 fully saturated rings. The van der Waals surface area contributed by atoms with E-state index in [1.54, 1.807) is 0 Å². The fraction of sp³-hybridized carbons (Fsp3) is 0.600. The zero-order valence-electron chi connectivity index (χ0n) is 11.4. The van der Waals surface area contributed by atoms with E-state index in [4.69, 9.17) is 5.73 Å². The van der Waals surface area contributed by atoms with E-state index in [-0.39, 0.29) is 0 Å². The summed E-state index contributed by atoms with van der Waals surface area (Å²) in [7, 11) is 0. The van der Waals surface area contributed by atoms with Crippen molar-refractivity contribution >= 4 is 0 Å². The quantitative estimate of drug-likeness (QED) is 0.786. The van der Waals surface area contributed by atoms with Crippen molar-refractivity contribution in [3.63, 3.8) is 0 Å². The van der Waals surface area contributed by atoms with Gasteiger partial charge in [0.25, 0.3) is 0 Å². The molecular weight excluding hydrogens is 208 g/mol. The van der Waals surface area contributed by atoms with Crippen molar-refractivity contribution < 1.29 is 0 Å². The highest BCUT2D eigenvalue weighted by Crippen LogP contribution is 2.09. The minimum Gasteiger partial charge on any atom is -0.330 e. The molecule has 17 heavy (non-hydrogen) atoms. The van der Waals surface area contributed by atoms with E-state index >= 15 is 0 Å². The van der Waals surface area contributed by atoms with Crippen molar-refractivity contribution in [1.82, 2.24) is 4.90 Å². The first kappa shape index (κ1) is 14.2. The van der Waals surface area contributed by atoms with Crippen LogP contribution in [0.25, 0.3) is 0 Å². The molecule has 0 heterocycles. The highest BCUT2D eigenvalue weighted by molar-refractivity contribution is 5.22.